The maximum absolute atomic E-state index is 11.9. The Morgan fingerprint density at radius 3 is 2.61 bits per heavy atom. The molecule has 1 saturated heterocycles. The van der Waals surface area contributed by atoms with Crippen LogP contribution < -0.4 is 0 Å². The van der Waals surface area contributed by atoms with E-state index in [0.717, 1.165) is 12.8 Å². The highest BCUT2D eigenvalue weighted by Gasteiger charge is 2.27. The van der Waals surface area contributed by atoms with Gasteiger partial charge in [-0.2, -0.15) is 0 Å². The van der Waals surface area contributed by atoms with Crippen molar-refractivity contribution in [1.29, 1.82) is 0 Å². The summed E-state index contributed by atoms with van der Waals surface area (Å²) in [5, 5.41) is 0. The van der Waals surface area contributed by atoms with Crippen molar-refractivity contribution in [1.82, 2.24) is 9.80 Å². The summed E-state index contributed by atoms with van der Waals surface area (Å²) in [5.74, 6) is -0.714. The van der Waals surface area contributed by atoms with Crippen molar-refractivity contribution in [3.05, 3.63) is 0 Å². The monoisotopic (exact) mass is 256 g/mol. The highest BCUT2D eigenvalue weighted by molar-refractivity contribution is 5.97. The number of carbonyl (C=O) groups excluding carboxylic acids is 3. The third-order valence-electron chi connectivity index (χ3n) is 2.85. The fraction of sp³-hybridized carbons (Fsp3) is 0.750. The van der Waals surface area contributed by atoms with Gasteiger partial charge in [0.2, 0.25) is 11.8 Å². The van der Waals surface area contributed by atoms with Crippen molar-refractivity contribution in [2.45, 2.75) is 26.2 Å². The second-order valence-corrected chi connectivity index (χ2v) is 4.33. The molecule has 1 aliphatic rings. The van der Waals surface area contributed by atoms with Crippen LogP contribution in [0.5, 0.6) is 0 Å². The number of hydrogen-bond donors (Lipinski definition) is 0. The van der Waals surface area contributed by atoms with Gasteiger partial charge in [0.05, 0.1) is 20.2 Å². The molecule has 0 aromatic carbocycles. The van der Waals surface area contributed by atoms with Gasteiger partial charge in [0.25, 0.3) is 0 Å². The fourth-order valence-electron chi connectivity index (χ4n) is 1.97. The van der Waals surface area contributed by atoms with Crippen LogP contribution in [0.4, 0.5) is 0 Å². The minimum Gasteiger partial charge on any atom is -0.468 e. The molecule has 1 rings (SSSR count). The zero-order valence-electron chi connectivity index (χ0n) is 11.0. The van der Waals surface area contributed by atoms with E-state index in [1.165, 1.54) is 12.0 Å². The summed E-state index contributed by atoms with van der Waals surface area (Å²) < 4.78 is 4.58. The minimum atomic E-state index is -0.371. The Hall–Kier alpha value is -1.43. The van der Waals surface area contributed by atoms with E-state index in [0.29, 0.717) is 19.5 Å². The fourth-order valence-corrected chi connectivity index (χ4v) is 1.97. The predicted molar refractivity (Wildman–Crippen MR) is 64.7 cm³/mol. The lowest BCUT2D eigenvalue weighted by molar-refractivity contribution is -0.144. The molecule has 6 heteroatoms. The van der Waals surface area contributed by atoms with Crippen LogP contribution in [-0.2, 0) is 19.1 Å². The third kappa shape index (κ3) is 4.10. The van der Waals surface area contributed by atoms with Gasteiger partial charge >= 0.3 is 5.97 Å². The average Bonchev–Trinajstić information content (AvgIpc) is 2.75. The molecule has 2 amide bonds. The van der Waals surface area contributed by atoms with Crippen LogP contribution >= 0.6 is 0 Å². The molecule has 0 N–H and O–H groups in total. The highest BCUT2D eigenvalue weighted by Crippen LogP contribution is 2.10. The molecule has 0 unspecified atom stereocenters. The molecule has 18 heavy (non-hydrogen) atoms. The van der Waals surface area contributed by atoms with Crippen molar-refractivity contribution in [3.8, 4) is 0 Å². The van der Waals surface area contributed by atoms with Gasteiger partial charge in [-0.1, -0.05) is 6.92 Å². The molecule has 1 aliphatic heterocycles. The average molecular weight is 256 g/mol. The summed E-state index contributed by atoms with van der Waals surface area (Å²) in [6.45, 7) is 3.27. The molecule has 1 heterocycles. The first kappa shape index (κ1) is 14.6. The maximum atomic E-state index is 11.9. The van der Waals surface area contributed by atoms with Crippen molar-refractivity contribution in [2.24, 2.45) is 0 Å². The molecule has 102 valence electrons. The first-order valence-corrected chi connectivity index (χ1v) is 6.20. The number of hydrogen-bond acceptors (Lipinski definition) is 5. The van der Waals surface area contributed by atoms with Crippen LogP contribution in [0.3, 0.4) is 0 Å². The molecule has 0 bridgehead atoms. The van der Waals surface area contributed by atoms with Crippen LogP contribution in [0.25, 0.3) is 0 Å². The quantitative estimate of drug-likeness (QED) is 0.627. The Bertz CT molecular complexity index is 330. The Morgan fingerprint density at radius 1 is 1.39 bits per heavy atom. The first-order valence-electron chi connectivity index (χ1n) is 6.20. The highest BCUT2D eigenvalue weighted by atomic mass is 16.5. The number of esters is 1. The second kappa shape index (κ2) is 7.10. The SMILES string of the molecule is CCCN(CC(=O)OC)CC(=O)N1CCCC1=O. The number of amides is 2. The zero-order valence-corrected chi connectivity index (χ0v) is 11.0. The smallest absolute Gasteiger partial charge is 0.319 e. The van der Waals surface area contributed by atoms with Crippen molar-refractivity contribution >= 4 is 17.8 Å². The third-order valence-corrected chi connectivity index (χ3v) is 2.85. The van der Waals surface area contributed by atoms with Gasteiger partial charge in [-0.15, -0.1) is 0 Å². The predicted octanol–water partition coefficient (Wildman–Crippen LogP) is 0.0204. The Labute approximate surface area is 107 Å². The summed E-state index contributed by atoms with van der Waals surface area (Å²) in [6.07, 6.45) is 2.00. The van der Waals surface area contributed by atoms with Crippen LogP contribution in [0.15, 0.2) is 0 Å². The molecule has 0 radical (unpaired) electrons. The summed E-state index contributed by atoms with van der Waals surface area (Å²) in [7, 11) is 1.32. The normalized spacial score (nSPS) is 15.3. The number of methoxy groups -OCH3 is 1. The standard InChI is InChI=1S/C12H20N2O4/c1-3-6-13(9-12(17)18-2)8-11(16)14-7-4-5-10(14)15/h3-9H2,1-2H3. The van der Waals surface area contributed by atoms with Gasteiger partial charge in [0.1, 0.15) is 0 Å². The van der Waals surface area contributed by atoms with E-state index in [4.69, 9.17) is 0 Å². The van der Waals surface area contributed by atoms with Gasteiger partial charge in [0, 0.05) is 13.0 Å². The largest absolute Gasteiger partial charge is 0.468 e. The van der Waals surface area contributed by atoms with Crippen LogP contribution in [-0.4, -0.2) is 60.9 Å². The molecule has 0 saturated carbocycles. The molecule has 0 aromatic rings. The topological polar surface area (TPSA) is 66.9 Å². The molecule has 1 fully saturated rings. The molecule has 0 aromatic heterocycles. The van der Waals surface area contributed by atoms with Gasteiger partial charge < -0.3 is 4.74 Å². The molecule has 6 nitrogen and oxygen atoms in total. The number of nitrogens with zero attached hydrogens (tertiary/aromatic N) is 2. The van der Waals surface area contributed by atoms with E-state index in [9.17, 15) is 14.4 Å². The van der Waals surface area contributed by atoms with Crippen LogP contribution in [0, 0.1) is 0 Å². The van der Waals surface area contributed by atoms with Gasteiger partial charge in [-0.25, -0.2) is 0 Å². The number of ether oxygens (including phenoxy) is 1. The molecular formula is C12H20N2O4. The number of likely N-dealkylation sites (tertiary alicyclic amines) is 1. The van der Waals surface area contributed by atoms with Crippen molar-refractivity contribution < 1.29 is 19.1 Å². The zero-order chi connectivity index (χ0) is 13.5. The Balaban J connectivity index is 2.51. The molecule has 0 spiro atoms. The van der Waals surface area contributed by atoms with Gasteiger partial charge in [-0.05, 0) is 19.4 Å². The Kier molecular flexibility index (Phi) is 5.77. The lowest BCUT2D eigenvalue weighted by Gasteiger charge is -2.22. The minimum absolute atomic E-state index is 0.0815. The number of rotatable bonds is 6. The Morgan fingerprint density at radius 2 is 2.11 bits per heavy atom. The second-order valence-electron chi connectivity index (χ2n) is 4.33. The molecule has 0 atom stereocenters. The lowest BCUT2D eigenvalue weighted by Crippen LogP contribution is -2.43. The number of imide groups is 1. The maximum Gasteiger partial charge on any atom is 0.319 e. The summed E-state index contributed by atoms with van der Waals surface area (Å²) in [6, 6.07) is 0. The van der Waals surface area contributed by atoms with Crippen molar-refractivity contribution in [3.63, 3.8) is 0 Å². The van der Waals surface area contributed by atoms with Crippen LogP contribution in [0.2, 0.25) is 0 Å². The van der Waals surface area contributed by atoms with E-state index >= 15 is 0 Å². The number of carbonyl (C=O) groups is 3. The van der Waals surface area contributed by atoms with E-state index in [2.05, 4.69) is 4.74 Å². The van der Waals surface area contributed by atoms with E-state index < -0.39 is 0 Å². The van der Waals surface area contributed by atoms with Crippen LogP contribution in [0.1, 0.15) is 26.2 Å². The molecular weight excluding hydrogens is 236 g/mol. The van der Waals surface area contributed by atoms with E-state index in [-0.39, 0.29) is 30.9 Å². The lowest BCUT2D eigenvalue weighted by atomic mass is 10.3. The summed E-state index contributed by atoms with van der Waals surface area (Å²) >= 11 is 0. The summed E-state index contributed by atoms with van der Waals surface area (Å²) in [4.78, 5) is 37.5. The van der Waals surface area contributed by atoms with Gasteiger partial charge in [-0.3, -0.25) is 24.2 Å². The first-order chi connectivity index (χ1) is 8.58. The van der Waals surface area contributed by atoms with E-state index in [1.807, 2.05) is 6.92 Å². The van der Waals surface area contributed by atoms with E-state index in [1.54, 1.807) is 4.90 Å². The van der Waals surface area contributed by atoms with Crippen molar-refractivity contribution in [2.75, 3.05) is 33.3 Å². The van der Waals surface area contributed by atoms with Gasteiger partial charge in [0.15, 0.2) is 0 Å². The molecule has 0 aliphatic carbocycles. The summed E-state index contributed by atoms with van der Waals surface area (Å²) in [5.41, 5.74) is 0.